The summed E-state index contributed by atoms with van der Waals surface area (Å²) in [6.45, 7) is 15.9. The molecule has 18 heteroatoms. The van der Waals surface area contributed by atoms with Gasteiger partial charge in [0.2, 0.25) is 11.9 Å². The molecule has 0 unspecified atom stereocenters. The van der Waals surface area contributed by atoms with Crippen LogP contribution in [0.15, 0.2) is 53.0 Å². The van der Waals surface area contributed by atoms with Gasteiger partial charge >= 0.3 is 0 Å². The summed E-state index contributed by atoms with van der Waals surface area (Å²) in [5.74, 6) is 0.960. The fourth-order valence-electron chi connectivity index (χ4n) is 10.3. The number of carbonyl (C=O) groups excluding carboxylic acids is 4. The van der Waals surface area contributed by atoms with Crippen molar-refractivity contribution in [3.63, 3.8) is 0 Å². The van der Waals surface area contributed by atoms with Crippen LogP contribution in [0.2, 0.25) is 0 Å². The molecule has 1 saturated carbocycles. The third-order valence-corrected chi connectivity index (χ3v) is 13.7. The quantitative estimate of drug-likeness (QED) is 0.0520. The molecule has 2 fully saturated rings. The summed E-state index contributed by atoms with van der Waals surface area (Å²) in [6, 6.07) is 10.8. The minimum absolute atomic E-state index is 0.0282. The number of Topliss-reactive ketones (excluding diaryl/α,β-unsaturated/α-hetero) is 1. The number of anilines is 1. The first-order valence-corrected chi connectivity index (χ1v) is 24.2. The van der Waals surface area contributed by atoms with Crippen LogP contribution in [0.1, 0.15) is 129 Å². The molecule has 1 aliphatic carbocycles. The first-order valence-electron chi connectivity index (χ1n) is 24.2. The van der Waals surface area contributed by atoms with Crippen molar-refractivity contribution in [2.24, 2.45) is 17.4 Å². The summed E-state index contributed by atoms with van der Waals surface area (Å²) < 4.78 is 19.1. The number of aryl methyl sites for hydroxylation is 6. The highest BCUT2D eigenvalue weighted by Crippen LogP contribution is 2.46. The second-order valence-electron chi connectivity index (χ2n) is 18.5. The van der Waals surface area contributed by atoms with Crippen molar-refractivity contribution in [2.45, 2.75) is 112 Å². The van der Waals surface area contributed by atoms with Gasteiger partial charge in [-0.1, -0.05) is 12.2 Å². The van der Waals surface area contributed by atoms with Crippen LogP contribution >= 0.6 is 0 Å². The smallest absolute Gasteiger partial charge is 0.276 e. The van der Waals surface area contributed by atoms with Gasteiger partial charge in [-0.05, 0) is 127 Å². The second-order valence-corrected chi connectivity index (χ2v) is 18.5. The van der Waals surface area contributed by atoms with E-state index in [-0.39, 0.29) is 35.7 Å². The molecule has 69 heavy (non-hydrogen) atoms. The number of aromatic nitrogens is 8. The molecule has 7 aromatic rings. The highest BCUT2D eigenvalue weighted by Gasteiger charge is 2.33. The third-order valence-electron chi connectivity index (χ3n) is 13.7. The number of amides is 3. The lowest BCUT2D eigenvalue weighted by atomic mass is 9.69. The Morgan fingerprint density at radius 1 is 0.797 bits per heavy atom. The number of benzene rings is 2. The summed E-state index contributed by atoms with van der Waals surface area (Å²) in [6.07, 6.45) is 9.76. The molecule has 0 radical (unpaired) electrons. The number of allylic oxidation sites excluding steroid dienone is 2. The van der Waals surface area contributed by atoms with E-state index in [4.69, 9.17) is 30.6 Å². The number of primary amides is 2. The van der Waals surface area contributed by atoms with Gasteiger partial charge in [-0.3, -0.25) is 38.8 Å². The lowest BCUT2D eigenvalue weighted by molar-refractivity contribution is 0.0359. The zero-order chi connectivity index (χ0) is 48.5. The molecule has 18 nitrogen and oxygen atoms in total. The summed E-state index contributed by atoms with van der Waals surface area (Å²) >= 11 is 0. The van der Waals surface area contributed by atoms with E-state index in [2.05, 4.69) is 31.1 Å². The predicted octanol–water partition coefficient (Wildman–Crippen LogP) is 7.01. The molecule has 2 aromatic carbocycles. The zero-order valence-corrected chi connectivity index (χ0v) is 40.2. The van der Waals surface area contributed by atoms with Crippen molar-refractivity contribution >= 4 is 62.5 Å². The molecule has 6 heterocycles. The molecule has 5 N–H and O–H groups in total. The van der Waals surface area contributed by atoms with Crippen LogP contribution in [0.25, 0.3) is 33.0 Å². The number of imidazole rings is 2. The van der Waals surface area contributed by atoms with Gasteiger partial charge in [0.25, 0.3) is 11.8 Å². The summed E-state index contributed by atoms with van der Waals surface area (Å²) in [4.78, 5) is 65.4. The molecule has 0 atom stereocenters. The van der Waals surface area contributed by atoms with E-state index < -0.39 is 11.8 Å². The minimum Gasteiger partial charge on any atom is -0.460 e. The molecule has 0 bridgehead atoms. The maximum atomic E-state index is 13.9. The number of hydrogen-bond donors (Lipinski definition) is 3. The number of fused-ring (bicyclic) bond motifs is 4. The van der Waals surface area contributed by atoms with Crippen molar-refractivity contribution in [1.29, 1.82) is 0 Å². The molecule has 1 saturated heterocycles. The van der Waals surface area contributed by atoms with E-state index in [0.717, 1.165) is 81.1 Å². The van der Waals surface area contributed by atoms with Crippen LogP contribution in [-0.4, -0.2) is 99.9 Å². The summed E-state index contributed by atoms with van der Waals surface area (Å²) in [7, 11) is 0. The lowest BCUT2D eigenvalue weighted by Crippen LogP contribution is -2.37. The van der Waals surface area contributed by atoms with Crippen molar-refractivity contribution < 1.29 is 28.3 Å². The monoisotopic (exact) mass is 938 g/mol. The highest BCUT2D eigenvalue weighted by molar-refractivity contribution is 6.14. The van der Waals surface area contributed by atoms with E-state index in [1.54, 1.807) is 34.5 Å². The minimum atomic E-state index is -0.655. The molecule has 2 aliphatic rings. The van der Waals surface area contributed by atoms with Crippen molar-refractivity contribution in [1.82, 2.24) is 43.6 Å². The van der Waals surface area contributed by atoms with Gasteiger partial charge in [-0.15, -0.1) is 0 Å². The van der Waals surface area contributed by atoms with Gasteiger partial charge in [0, 0.05) is 63.1 Å². The molecular formula is C51H62N12O6. The fourth-order valence-corrected chi connectivity index (χ4v) is 10.3. The van der Waals surface area contributed by atoms with E-state index in [1.165, 1.54) is 0 Å². The molecule has 9 rings (SSSR count). The molecule has 362 valence electrons. The largest absolute Gasteiger partial charge is 0.460 e. The average molecular weight is 939 g/mol. The second kappa shape index (κ2) is 20.0. The van der Waals surface area contributed by atoms with Gasteiger partial charge in [0.1, 0.15) is 28.6 Å². The van der Waals surface area contributed by atoms with Crippen LogP contribution in [0.4, 0.5) is 5.95 Å². The van der Waals surface area contributed by atoms with Crippen LogP contribution in [0, 0.1) is 26.7 Å². The number of ketones is 1. The Labute approximate surface area is 400 Å². The number of rotatable bonds is 20. The Kier molecular flexibility index (Phi) is 13.6. The predicted molar refractivity (Wildman–Crippen MR) is 263 cm³/mol. The average Bonchev–Trinajstić information content (AvgIpc) is 4.14. The number of carbonyl (C=O) groups is 4. The van der Waals surface area contributed by atoms with Crippen molar-refractivity contribution in [2.75, 3.05) is 38.2 Å². The third kappa shape index (κ3) is 9.72. The Morgan fingerprint density at radius 2 is 1.48 bits per heavy atom. The van der Waals surface area contributed by atoms with Crippen molar-refractivity contribution in [3.05, 3.63) is 99.6 Å². The normalized spacial score (nSPS) is 16.6. The van der Waals surface area contributed by atoms with Gasteiger partial charge in [-0.2, -0.15) is 10.2 Å². The van der Waals surface area contributed by atoms with E-state index in [1.807, 2.05) is 56.5 Å². The molecule has 5 aromatic heterocycles. The van der Waals surface area contributed by atoms with Gasteiger partial charge in [0.05, 0.1) is 52.2 Å². The number of hydrogen-bond acceptors (Lipinski definition) is 11. The molecule has 0 spiro atoms. The number of morpholine rings is 1. The highest BCUT2D eigenvalue weighted by atomic mass is 16.5. The van der Waals surface area contributed by atoms with Crippen LogP contribution in [0.3, 0.4) is 0 Å². The Bertz CT molecular complexity index is 3120. The lowest BCUT2D eigenvalue weighted by Gasteiger charge is -2.37. The number of ether oxygens (including phenoxy) is 1. The van der Waals surface area contributed by atoms with Gasteiger partial charge in [0.15, 0.2) is 5.78 Å². The number of nitrogens with two attached hydrogens (primary N) is 2. The molecule has 1 aliphatic heterocycles. The number of nitrogens with one attached hydrogen (secondary N) is 1. The summed E-state index contributed by atoms with van der Waals surface area (Å²) in [5.41, 5.74) is 19.1. The zero-order valence-electron chi connectivity index (χ0n) is 40.2. The standard InChI is InChI=1S/C51H62N12O6/c1-6-62-41(22-30(3)57-62)43(64)13-10-14-44-54-39-28-35(48(52)65)27-36(34-25-33(26-34)12-11-15-59-18-20-68-21-19-59)45(39)60(44)16-8-9-17-61-46-37-24-32(5)69-47(37)38(49(53)66)29-40(46)55-51(61)56-50(67)42-23-31(4)58-63(42)7-2/h8-9,22-24,27-29,33-34H,6-7,10-21,25-26H2,1-5H3,(H2,52,65)(H2,53,66)(H,55,56,67)/b9-8+. The van der Waals surface area contributed by atoms with Crippen LogP contribution < -0.4 is 16.8 Å². The Hall–Kier alpha value is -6.92. The van der Waals surface area contributed by atoms with E-state index in [9.17, 15) is 19.2 Å². The summed E-state index contributed by atoms with van der Waals surface area (Å²) in [5, 5.41) is 12.6. The topological polar surface area (TPSA) is 229 Å². The fraction of sp³-hybridized carbons (Fsp3) is 0.451. The van der Waals surface area contributed by atoms with Crippen molar-refractivity contribution in [3.8, 4) is 0 Å². The maximum absolute atomic E-state index is 13.9. The molecule has 3 amide bonds. The Morgan fingerprint density at radius 3 is 2.17 bits per heavy atom. The van der Waals surface area contributed by atoms with Crippen LogP contribution in [0.5, 0.6) is 0 Å². The SMILES string of the molecule is CCn1nc(C)cc1C(=O)CCCc1nc2cc(C(N)=O)cc(C3CC(CCCN4CCOCC4)C3)c2n1C/C=C/Cn1c(NC(=O)c2cc(C)nn2CC)nc2cc(C(N)=O)c3oc(C)cc3c21. The van der Waals surface area contributed by atoms with Gasteiger partial charge < -0.3 is 29.8 Å². The first kappa shape index (κ1) is 47.2. The first-order chi connectivity index (χ1) is 33.3. The Balaban J connectivity index is 1.04. The van der Waals surface area contributed by atoms with Crippen LogP contribution in [-0.2, 0) is 37.3 Å². The van der Waals surface area contributed by atoms with E-state index >= 15 is 0 Å². The molecular weight excluding hydrogens is 877 g/mol. The maximum Gasteiger partial charge on any atom is 0.276 e. The van der Waals surface area contributed by atoms with Gasteiger partial charge in [-0.25, -0.2) is 9.97 Å². The van der Waals surface area contributed by atoms with E-state index in [0.29, 0.717) is 101 Å². The number of nitrogens with zero attached hydrogens (tertiary/aromatic N) is 9. The number of furan rings is 1.